The number of benzene rings is 4. The first-order valence-corrected chi connectivity index (χ1v) is 14.7. The number of halogens is 1. The zero-order valence-electron chi connectivity index (χ0n) is 24.0. The van der Waals surface area contributed by atoms with Gasteiger partial charge in [-0.2, -0.15) is 0 Å². The van der Waals surface area contributed by atoms with Crippen LogP contribution in [0.3, 0.4) is 0 Å². The van der Waals surface area contributed by atoms with Gasteiger partial charge >= 0.3 is 0 Å². The van der Waals surface area contributed by atoms with E-state index in [1.54, 1.807) is 0 Å². The van der Waals surface area contributed by atoms with E-state index in [1.165, 1.54) is 82.6 Å². The maximum atomic E-state index is 4.90. The van der Waals surface area contributed by atoms with Crippen molar-refractivity contribution in [3.63, 3.8) is 0 Å². The zero-order chi connectivity index (χ0) is 27.3. The van der Waals surface area contributed by atoms with Gasteiger partial charge in [-0.1, -0.05) is 86.3 Å². The van der Waals surface area contributed by atoms with Crippen LogP contribution in [0.1, 0.15) is 49.7 Å². The van der Waals surface area contributed by atoms with Crippen LogP contribution in [0.4, 0.5) is 11.4 Å². The molecule has 5 heteroatoms. The molecule has 2 aromatic heterocycles. The minimum atomic E-state index is 0. The van der Waals surface area contributed by atoms with Crippen LogP contribution in [0, 0.1) is 13.8 Å². The maximum absolute atomic E-state index is 4.90. The largest absolute Gasteiger partial charge is 0.384 e. The third kappa shape index (κ3) is 6.39. The monoisotopic (exact) mass is 562 g/mol. The minimum Gasteiger partial charge on any atom is -0.384 e. The molecule has 0 unspecified atom stereocenters. The molecule has 0 saturated carbocycles. The third-order valence-electron chi connectivity index (χ3n) is 7.88. The van der Waals surface area contributed by atoms with E-state index in [0.29, 0.717) is 0 Å². The van der Waals surface area contributed by atoms with Crippen molar-refractivity contribution < 1.29 is 0 Å². The van der Waals surface area contributed by atoms with Gasteiger partial charge in [0.15, 0.2) is 0 Å². The Morgan fingerprint density at radius 1 is 0.463 bits per heavy atom. The fourth-order valence-electron chi connectivity index (χ4n) is 5.77. The molecule has 2 N–H and O–H groups in total. The third-order valence-corrected chi connectivity index (χ3v) is 7.88. The molecule has 4 aromatic carbocycles. The molecule has 0 fully saturated rings. The number of fused-ring (bicyclic) bond motifs is 4. The molecule has 0 spiro atoms. The summed E-state index contributed by atoms with van der Waals surface area (Å²) in [7, 11) is 0. The first kappa shape index (κ1) is 28.6. The second-order valence-corrected chi connectivity index (χ2v) is 11.0. The number of hydrogen-bond donors (Lipinski definition) is 2. The summed E-state index contributed by atoms with van der Waals surface area (Å²) in [5, 5.41) is 12.3. The maximum Gasteiger partial charge on any atom is 0.0733 e. The lowest BCUT2D eigenvalue weighted by atomic mass is 10.1. The second kappa shape index (κ2) is 13.2. The standard InChI is InChI=1S/C36H38N4.ClH/c1-25-17-19-29-33(23-25)39-31-15-9-7-13-27(31)35(29)37-21-11-5-3-4-6-12-22-38-36-28-14-8-10-16-32(28)40-34-24-26(2)18-20-30(34)36;/h7-10,13-20,23-24H,3-6,11-12,21-22H2,1-2H3,(H,37,39)(H,38,40);1H. The summed E-state index contributed by atoms with van der Waals surface area (Å²) in [4.78, 5) is 9.79. The summed E-state index contributed by atoms with van der Waals surface area (Å²) in [6.07, 6.45) is 7.41. The second-order valence-electron chi connectivity index (χ2n) is 11.0. The van der Waals surface area contributed by atoms with E-state index in [0.717, 1.165) is 35.2 Å². The fraction of sp³-hybridized carbons (Fsp3) is 0.278. The van der Waals surface area contributed by atoms with Crippen LogP contribution in [-0.2, 0) is 0 Å². The molecule has 0 saturated heterocycles. The molecule has 0 aliphatic heterocycles. The van der Waals surface area contributed by atoms with Crippen molar-refractivity contribution in [2.24, 2.45) is 0 Å². The van der Waals surface area contributed by atoms with Crippen molar-refractivity contribution in [1.29, 1.82) is 0 Å². The Morgan fingerprint density at radius 3 is 1.32 bits per heavy atom. The quantitative estimate of drug-likeness (QED) is 0.122. The summed E-state index contributed by atoms with van der Waals surface area (Å²) < 4.78 is 0. The number of hydrogen-bond acceptors (Lipinski definition) is 4. The Bertz CT molecular complexity index is 1660. The number of unbranched alkanes of at least 4 members (excludes halogenated alkanes) is 5. The normalized spacial score (nSPS) is 11.3. The highest BCUT2D eigenvalue weighted by Crippen LogP contribution is 2.32. The van der Waals surface area contributed by atoms with Gasteiger partial charge in [-0.3, -0.25) is 0 Å². The van der Waals surface area contributed by atoms with Crippen LogP contribution in [0.5, 0.6) is 0 Å². The van der Waals surface area contributed by atoms with Crippen LogP contribution in [-0.4, -0.2) is 23.1 Å². The van der Waals surface area contributed by atoms with E-state index < -0.39 is 0 Å². The van der Waals surface area contributed by atoms with Crippen LogP contribution >= 0.6 is 12.4 Å². The number of rotatable bonds is 11. The molecule has 0 radical (unpaired) electrons. The van der Waals surface area contributed by atoms with Crippen molar-refractivity contribution in [2.45, 2.75) is 52.4 Å². The highest BCUT2D eigenvalue weighted by atomic mass is 35.5. The Kier molecular flexibility index (Phi) is 9.21. The lowest BCUT2D eigenvalue weighted by Crippen LogP contribution is -2.04. The van der Waals surface area contributed by atoms with E-state index in [4.69, 9.17) is 9.97 Å². The van der Waals surface area contributed by atoms with Gasteiger partial charge in [-0.25, -0.2) is 9.97 Å². The first-order chi connectivity index (χ1) is 19.7. The van der Waals surface area contributed by atoms with Gasteiger partial charge < -0.3 is 10.6 Å². The van der Waals surface area contributed by atoms with Crippen LogP contribution in [0.15, 0.2) is 84.9 Å². The summed E-state index contributed by atoms with van der Waals surface area (Å²) in [5.74, 6) is 0. The van der Waals surface area contributed by atoms with Gasteiger partial charge in [-0.05, 0) is 62.1 Å². The first-order valence-electron chi connectivity index (χ1n) is 14.7. The van der Waals surface area contributed by atoms with Gasteiger partial charge in [0.25, 0.3) is 0 Å². The van der Waals surface area contributed by atoms with E-state index >= 15 is 0 Å². The SMILES string of the molecule is Cc1ccc2c(NCCCCCCCCNc3c4ccccc4nc4cc(C)ccc34)c3ccccc3nc2c1.Cl. The zero-order valence-corrected chi connectivity index (χ0v) is 24.9. The lowest BCUT2D eigenvalue weighted by Gasteiger charge is -2.14. The van der Waals surface area contributed by atoms with E-state index in [-0.39, 0.29) is 12.4 Å². The summed E-state index contributed by atoms with van der Waals surface area (Å²) in [6.45, 7) is 6.23. The number of anilines is 2. The molecule has 0 bridgehead atoms. The molecule has 210 valence electrons. The molecule has 41 heavy (non-hydrogen) atoms. The minimum absolute atomic E-state index is 0. The van der Waals surface area contributed by atoms with Crippen molar-refractivity contribution in [1.82, 2.24) is 9.97 Å². The molecule has 6 rings (SSSR count). The summed E-state index contributed by atoms with van der Waals surface area (Å²) in [5.41, 5.74) is 9.17. The predicted octanol–water partition coefficient (Wildman–Crippen LogP) is 9.99. The Balaban J connectivity index is 0.00000337. The highest BCUT2D eigenvalue weighted by Gasteiger charge is 2.10. The molecule has 6 aromatic rings. The smallest absolute Gasteiger partial charge is 0.0733 e. The van der Waals surface area contributed by atoms with E-state index in [1.807, 2.05) is 0 Å². The molecule has 0 amide bonds. The average molecular weight is 563 g/mol. The average Bonchev–Trinajstić information content (AvgIpc) is 2.96. The van der Waals surface area contributed by atoms with Gasteiger partial charge in [0, 0.05) is 34.6 Å². The Labute approximate surface area is 249 Å². The van der Waals surface area contributed by atoms with Gasteiger partial charge in [0.05, 0.1) is 33.4 Å². The molecule has 2 heterocycles. The predicted molar refractivity (Wildman–Crippen MR) is 180 cm³/mol. The number of nitrogens with one attached hydrogen (secondary N) is 2. The molecule has 0 aliphatic rings. The van der Waals surface area contributed by atoms with Crippen LogP contribution in [0.2, 0.25) is 0 Å². The van der Waals surface area contributed by atoms with Crippen LogP contribution < -0.4 is 10.6 Å². The molecule has 0 atom stereocenters. The van der Waals surface area contributed by atoms with Crippen molar-refractivity contribution in [3.8, 4) is 0 Å². The van der Waals surface area contributed by atoms with Crippen molar-refractivity contribution in [2.75, 3.05) is 23.7 Å². The van der Waals surface area contributed by atoms with E-state index in [9.17, 15) is 0 Å². The molecule has 0 aliphatic carbocycles. The lowest BCUT2D eigenvalue weighted by molar-refractivity contribution is 0.610. The van der Waals surface area contributed by atoms with E-state index in [2.05, 4.69) is 109 Å². The number of para-hydroxylation sites is 2. The van der Waals surface area contributed by atoms with Crippen molar-refractivity contribution >= 4 is 67.4 Å². The van der Waals surface area contributed by atoms with Gasteiger partial charge in [0.1, 0.15) is 0 Å². The molecule has 4 nitrogen and oxygen atoms in total. The van der Waals surface area contributed by atoms with Gasteiger partial charge in [0.2, 0.25) is 0 Å². The number of aryl methyl sites for hydroxylation is 2. The fourth-order valence-corrected chi connectivity index (χ4v) is 5.77. The Morgan fingerprint density at radius 2 is 0.854 bits per heavy atom. The number of pyridine rings is 2. The topological polar surface area (TPSA) is 49.8 Å². The van der Waals surface area contributed by atoms with Crippen LogP contribution in [0.25, 0.3) is 43.6 Å². The number of nitrogens with zero attached hydrogens (tertiary/aromatic N) is 2. The summed E-state index contributed by atoms with van der Waals surface area (Å²) >= 11 is 0. The molecular weight excluding hydrogens is 524 g/mol. The van der Waals surface area contributed by atoms with Crippen molar-refractivity contribution in [3.05, 3.63) is 96.1 Å². The molecular formula is C36H39ClN4. The Hall–Kier alpha value is -3.89. The van der Waals surface area contributed by atoms with Gasteiger partial charge in [-0.15, -0.1) is 12.4 Å². The highest BCUT2D eigenvalue weighted by molar-refractivity contribution is 6.08. The summed E-state index contributed by atoms with van der Waals surface area (Å²) in [6, 6.07) is 30.1. The number of aromatic nitrogens is 2.